The number of fused-ring (bicyclic) bond motifs is 1. The molecular weight excluding hydrogens is 211 g/mol. The highest BCUT2D eigenvalue weighted by Gasteiger charge is 2.60. The van der Waals surface area contributed by atoms with E-state index in [1.54, 1.807) is 0 Å². The van der Waals surface area contributed by atoms with Crippen LogP contribution in [0.3, 0.4) is 0 Å². The van der Waals surface area contributed by atoms with Crippen LogP contribution in [-0.2, 0) is 0 Å². The van der Waals surface area contributed by atoms with E-state index in [0.717, 1.165) is 19.3 Å². The molecule has 2 fully saturated rings. The second kappa shape index (κ2) is 4.55. The Bertz CT molecular complexity index is 267. The van der Waals surface area contributed by atoms with Gasteiger partial charge in [-0.15, -0.1) is 0 Å². The molecule has 0 aromatic carbocycles. The first-order valence-electron chi connectivity index (χ1n) is 7.61. The van der Waals surface area contributed by atoms with Gasteiger partial charge in [0.1, 0.15) is 6.17 Å². The van der Waals surface area contributed by atoms with Gasteiger partial charge >= 0.3 is 0 Å². The van der Waals surface area contributed by atoms with Gasteiger partial charge in [-0.1, -0.05) is 40.5 Å². The normalized spacial score (nSPS) is 42.9. The van der Waals surface area contributed by atoms with Gasteiger partial charge in [0.25, 0.3) is 0 Å². The van der Waals surface area contributed by atoms with Crippen LogP contribution in [-0.4, -0.2) is 6.17 Å². The number of alkyl halides is 1. The minimum atomic E-state index is -0.557. The van der Waals surface area contributed by atoms with Crippen LogP contribution in [0.1, 0.15) is 72.6 Å². The van der Waals surface area contributed by atoms with Crippen molar-refractivity contribution in [3.8, 4) is 0 Å². The predicted molar refractivity (Wildman–Crippen MR) is 71.8 cm³/mol. The van der Waals surface area contributed by atoms with Gasteiger partial charge in [0.2, 0.25) is 0 Å². The van der Waals surface area contributed by atoms with Crippen LogP contribution in [0.25, 0.3) is 0 Å². The van der Waals surface area contributed by atoms with E-state index in [9.17, 15) is 4.39 Å². The first-order chi connectivity index (χ1) is 7.97. The van der Waals surface area contributed by atoms with Crippen LogP contribution in [0.5, 0.6) is 0 Å². The fourth-order valence-corrected chi connectivity index (χ4v) is 5.36. The molecule has 0 aromatic rings. The molecule has 100 valence electrons. The molecule has 0 nitrogen and oxygen atoms in total. The van der Waals surface area contributed by atoms with E-state index in [4.69, 9.17) is 0 Å². The van der Waals surface area contributed by atoms with Gasteiger partial charge in [0.05, 0.1) is 0 Å². The van der Waals surface area contributed by atoms with Gasteiger partial charge in [-0.25, -0.2) is 4.39 Å². The first-order valence-corrected chi connectivity index (χ1v) is 7.61. The summed E-state index contributed by atoms with van der Waals surface area (Å²) < 4.78 is 14.8. The van der Waals surface area contributed by atoms with Crippen molar-refractivity contribution < 1.29 is 4.39 Å². The minimum Gasteiger partial charge on any atom is -0.247 e. The quantitative estimate of drug-likeness (QED) is 0.609. The standard InChI is InChI=1S/C16H29F/c1-12(2)15-9-5-6-11-16(15,13(3)4)14(17)8-7-10-15/h12-14H,5-11H2,1-4H3. The molecule has 2 saturated carbocycles. The summed E-state index contributed by atoms with van der Waals surface area (Å²) in [4.78, 5) is 0. The summed E-state index contributed by atoms with van der Waals surface area (Å²) >= 11 is 0. The molecule has 0 N–H and O–H groups in total. The molecule has 2 rings (SSSR count). The van der Waals surface area contributed by atoms with Crippen LogP contribution in [0.4, 0.5) is 4.39 Å². The van der Waals surface area contributed by atoms with E-state index in [0.29, 0.717) is 11.8 Å². The molecule has 2 aliphatic rings. The molecule has 2 aliphatic carbocycles. The van der Waals surface area contributed by atoms with Crippen LogP contribution < -0.4 is 0 Å². The zero-order valence-corrected chi connectivity index (χ0v) is 12.1. The van der Waals surface area contributed by atoms with Gasteiger partial charge in [-0.05, 0) is 49.4 Å². The number of hydrogen-bond acceptors (Lipinski definition) is 0. The lowest BCUT2D eigenvalue weighted by atomic mass is 9.43. The van der Waals surface area contributed by atoms with Crippen LogP contribution in [0.15, 0.2) is 0 Å². The summed E-state index contributed by atoms with van der Waals surface area (Å²) in [7, 11) is 0. The van der Waals surface area contributed by atoms with E-state index < -0.39 is 6.17 Å². The zero-order valence-electron chi connectivity index (χ0n) is 12.1. The molecule has 0 amide bonds. The van der Waals surface area contributed by atoms with E-state index in [1.165, 1.54) is 25.7 Å². The third-order valence-electron chi connectivity index (χ3n) is 6.17. The molecule has 3 atom stereocenters. The highest BCUT2D eigenvalue weighted by Crippen LogP contribution is 2.66. The lowest BCUT2D eigenvalue weighted by molar-refractivity contribution is -0.163. The fourth-order valence-electron chi connectivity index (χ4n) is 5.36. The second-order valence-corrected chi connectivity index (χ2v) is 7.07. The van der Waals surface area contributed by atoms with Gasteiger partial charge in [0.15, 0.2) is 0 Å². The Balaban J connectivity index is 2.47. The Labute approximate surface area is 106 Å². The van der Waals surface area contributed by atoms with Crippen molar-refractivity contribution in [3.63, 3.8) is 0 Å². The molecular formula is C16H29F. The van der Waals surface area contributed by atoms with Crippen molar-refractivity contribution in [2.24, 2.45) is 22.7 Å². The average Bonchev–Trinajstić information content (AvgIpc) is 2.28. The summed E-state index contributed by atoms with van der Waals surface area (Å²) in [6, 6.07) is 0. The van der Waals surface area contributed by atoms with E-state index in [-0.39, 0.29) is 10.8 Å². The molecule has 3 unspecified atom stereocenters. The highest BCUT2D eigenvalue weighted by atomic mass is 19.1. The zero-order chi connectivity index (χ0) is 12.7. The van der Waals surface area contributed by atoms with E-state index in [1.807, 2.05) is 0 Å². The van der Waals surface area contributed by atoms with Crippen molar-refractivity contribution in [1.29, 1.82) is 0 Å². The maximum absolute atomic E-state index is 14.8. The van der Waals surface area contributed by atoms with Crippen molar-refractivity contribution in [2.45, 2.75) is 78.8 Å². The van der Waals surface area contributed by atoms with E-state index in [2.05, 4.69) is 27.7 Å². The van der Waals surface area contributed by atoms with Crippen molar-refractivity contribution in [2.75, 3.05) is 0 Å². The van der Waals surface area contributed by atoms with E-state index >= 15 is 0 Å². The molecule has 0 saturated heterocycles. The Hall–Kier alpha value is -0.0700. The smallest absolute Gasteiger partial charge is 0.106 e. The Morgan fingerprint density at radius 1 is 0.882 bits per heavy atom. The Morgan fingerprint density at radius 2 is 1.47 bits per heavy atom. The first kappa shape index (κ1) is 13.4. The molecule has 0 heterocycles. The van der Waals surface area contributed by atoms with Crippen LogP contribution in [0.2, 0.25) is 0 Å². The molecule has 0 bridgehead atoms. The molecule has 17 heavy (non-hydrogen) atoms. The maximum Gasteiger partial charge on any atom is 0.106 e. The largest absolute Gasteiger partial charge is 0.247 e. The van der Waals surface area contributed by atoms with Crippen molar-refractivity contribution >= 4 is 0 Å². The third-order valence-corrected chi connectivity index (χ3v) is 6.17. The molecule has 0 radical (unpaired) electrons. The summed E-state index contributed by atoms with van der Waals surface area (Å²) in [5.74, 6) is 1.12. The fraction of sp³-hybridized carbons (Fsp3) is 1.00. The SMILES string of the molecule is CC(C)C12CCCCC1(C(C)C)C(F)CCC2. The number of halogens is 1. The molecule has 0 aliphatic heterocycles. The third kappa shape index (κ3) is 1.68. The summed E-state index contributed by atoms with van der Waals surface area (Å²) in [6.45, 7) is 9.20. The number of rotatable bonds is 2. The average molecular weight is 240 g/mol. The monoisotopic (exact) mass is 240 g/mol. The maximum atomic E-state index is 14.8. The van der Waals surface area contributed by atoms with Crippen LogP contribution >= 0.6 is 0 Å². The lowest BCUT2D eigenvalue weighted by Gasteiger charge is -2.62. The lowest BCUT2D eigenvalue weighted by Crippen LogP contribution is -2.58. The Kier molecular flexibility index (Phi) is 3.58. The summed E-state index contributed by atoms with van der Waals surface area (Å²) in [5, 5.41) is 0. The highest BCUT2D eigenvalue weighted by molar-refractivity contribution is 5.09. The van der Waals surface area contributed by atoms with Gasteiger partial charge in [0, 0.05) is 5.41 Å². The van der Waals surface area contributed by atoms with Crippen molar-refractivity contribution in [3.05, 3.63) is 0 Å². The second-order valence-electron chi connectivity index (χ2n) is 7.07. The topological polar surface area (TPSA) is 0 Å². The van der Waals surface area contributed by atoms with Crippen LogP contribution in [0, 0.1) is 22.7 Å². The predicted octanol–water partition coefficient (Wildman–Crippen LogP) is 5.37. The number of hydrogen-bond donors (Lipinski definition) is 0. The van der Waals surface area contributed by atoms with Gasteiger partial charge < -0.3 is 0 Å². The van der Waals surface area contributed by atoms with Gasteiger partial charge in [-0.2, -0.15) is 0 Å². The van der Waals surface area contributed by atoms with Crippen molar-refractivity contribution in [1.82, 2.24) is 0 Å². The van der Waals surface area contributed by atoms with Gasteiger partial charge in [-0.3, -0.25) is 0 Å². The Morgan fingerprint density at radius 3 is 2.00 bits per heavy atom. The summed E-state index contributed by atoms with van der Waals surface area (Å²) in [5.41, 5.74) is 0.273. The minimum absolute atomic E-state index is 0.0162. The summed E-state index contributed by atoms with van der Waals surface area (Å²) in [6.07, 6.45) is 7.59. The molecule has 0 aromatic heterocycles. The molecule has 0 spiro atoms. The molecule has 1 heteroatoms.